The van der Waals surface area contributed by atoms with E-state index in [2.05, 4.69) is 0 Å². The summed E-state index contributed by atoms with van der Waals surface area (Å²) in [7, 11) is 1.97. The van der Waals surface area contributed by atoms with Crippen molar-refractivity contribution in [2.24, 2.45) is 17.8 Å². The fourth-order valence-corrected chi connectivity index (χ4v) is 7.76. The lowest BCUT2D eigenvalue weighted by atomic mass is 9.56. The van der Waals surface area contributed by atoms with E-state index in [4.69, 9.17) is 10.7 Å². The smallest absolute Gasteiger partial charge is 0.212 e. The molecule has 4 aliphatic carbocycles. The van der Waals surface area contributed by atoms with Crippen LogP contribution in [-0.2, 0) is 9.05 Å². The third kappa shape index (κ3) is 2.79. The molecule has 4 rings (SSSR count). The van der Waals surface area contributed by atoms with Crippen LogP contribution in [0.15, 0.2) is 0 Å². The van der Waals surface area contributed by atoms with Gasteiger partial charge in [-0.15, -0.1) is 0 Å². The van der Waals surface area contributed by atoms with Crippen LogP contribution in [0.4, 0.5) is 0 Å². The van der Waals surface area contributed by atoms with Gasteiger partial charge in [-0.3, -0.25) is 0 Å². The van der Waals surface area contributed by atoms with Gasteiger partial charge in [0.2, 0.25) is 9.05 Å². The van der Waals surface area contributed by atoms with Crippen molar-refractivity contribution in [1.82, 2.24) is 0 Å². The molecular formula is C12H19ClO2S2. The molecule has 98 valence electrons. The SMILES string of the molecule is O=S(=O)(Cl)CCSC12CC3CC(CC(C3)C1)C2. The molecule has 0 amide bonds. The molecule has 0 aromatic heterocycles. The van der Waals surface area contributed by atoms with E-state index in [-0.39, 0.29) is 5.75 Å². The topological polar surface area (TPSA) is 34.1 Å². The fraction of sp³-hybridized carbons (Fsp3) is 1.00. The first kappa shape index (κ1) is 12.6. The quantitative estimate of drug-likeness (QED) is 0.746. The van der Waals surface area contributed by atoms with Crippen LogP contribution in [0.25, 0.3) is 0 Å². The predicted octanol–water partition coefficient (Wildman–Crippen LogP) is 3.26. The van der Waals surface area contributed by atoms with Gasteiger partial charge in [0.25, 0.3) is 0 Å². The van der Waals surface area contributed by atoms with Gasteiger partial charge in [-0.2, -0.15) is 11.8 Å². The van der Waals surface area contributed by atoms with E-state index in [0.29, 0.717) is 10.5 Å². The van der Waals surface area contributed by atoms with Crippen molar-refractivity contribution < 1.29 is 8.42 Å². The molecule has 0 spiro atoms. The van der Waals surface area contributed by atoms with Crippen molar-refractivity contribution in [2.75, 3.05) is 11.5 Å². The molecule has 0 radical (unpaired) electrons. The summed E-state index contributed by atoms with van der Waals surface area (Å²) in [6.07, 6.45) is 8.29. The van der Waals surface area contributed by atoms with Crippen LogP contribution >= 0.6 is 22.4 Å². The summed E-state index contributed by atoms with van der Waals surface area (Å²) in [5.41, 5.74) is 0. The zero-order chi connectivity index (χ0) is 12.1. The highest BCUT2D eigenvalue weighted by Crippen LogP contribution is 2.60. The molecule has 0 heterocycles. The summed E-state index contributed by atoms with van der Waals surface area (Å²) >= 11 is 1.90. The standard InChI is InChI=1S/C12H19ClO2S2/c13-17(14,15)2-1-16-12-6-9-3-10(7-12)5-11(4-9)8-12/h9-11H,1-8H2. The summed E-state index contributed by atoms with van der Waals surface area (Å²) in [5, 5.41) is 0. The average Bonchev–Trinajstić information content (AvgIpc) is 2.11. The zero-order valence-corrected chi connectivity index (χ0v) is 12.3. The van der Waals surface area contributed by atoms with Gasteiger partial charge in [-0.1, -0.05) is 0 Å². The highest BCUT2D eigenvalue weighted by Gasteiger charge is 2.50. The van der Waals surface area contributed by atoms with E-state index in [1.807, 2.05) is 11.8 Å². The third-order valence-electron chi connectivity index (χ3n) is 4.72. The summed E-state index contributed by atoms with van der Waals surface area (Å²) in [6.45, 7) is 0. The maximum Gasteiger partial charge on any atom is 0.233 e. The van der Waals surface area contributed by atoms with Crippen molar-refractivity contribution >= 4 is 31.5 Å². The first-order chi connectivity index (χ1) is 7.94. The van der Waals surface area contributed by atoms with Crippen molar-refractivity contribution in [3.8, 4) is 0 Å². The first-order valence-corrected chi connectivity index (χ1v) is 9.97. The Morgan fingerprint density at radius 1 is 1.06 bits per heavy atom. The Bertz CT molecular complexity index is 369. The van der Waals surface area contributed by atoms with E-state index in [0.717, 1.165) is 17.8 Å². The van der Waals surface area contributed by atoms with Gasteiger partial charge < -0.3 is 0 Å². The molecular weight excluding hydrogens is 276 g/mol. The molecule has 0 aliphatic heterocycles. The lowest BCUT2D eigenvalue weighted by Crippen LogP contribution is -2.48. The fourth-order valence-electron chi connectivity index (χ4n) is 4.57. The Hall–Kier alpha value is 0.590. The second kappa shape index (κ2) is 4.31. The average molecular weight is 295 g/mol. The van der Waals surface area contributed by atoms with Crippen molar-refractivity contribution in [1.29, 1.82) is 0 Å². The third-order valence-corrected chi connectivity index (χ3v) is 7.65. The molecule has 4 bridgehead atoms. The second-order valence-corrected chi connectivity index (χ2v) is 10.7. The van der Waals surface area contributed by atoms with Gasteiger partial charge in [0.15, 0.2) is 0 Å². The molecule has 0 atom stereocenters. The van der Waals surface area contributed by atoms with Gasteiger partial charge in [0, 0.05) is 21.2 Å². The van der Waals surface area contributed by atoms with E-state index < -0.39 is 9.05 Å². The molecule has 17 heavy (non-hydrogen) atoms. The Kier molecular flexibility index (Phi) is 3.20. The van der Waals surface area contributed by atoms with E-state index in [1.165, 1.54) is 38.5 Å². The van der Waals surface area contributed by atoms with E-state index >= 15 is 0 Å². The van der Waals surface area contributed by atoms with Gasteiger partial charge in [-0.05, 0) is 56.3 Å². The van der Waals surface area contributed by atoms with E-state index in [1.54, 1.807) is 0 Å². The summed E-state index contributed by atoms with van der Waals surface area (Å²) < 4.78 is 22.4. The van der Waals surface area contributed by atoms with Gasteiger partial charge in [0.1, 0.15) is 0 Å². The molecule has 4 aliphatic rings. The number of rotatable bonds is 4. The van der Waals surface area contributed by atoms with Crippen LogP contribution < -0.4 is 0 Å². The zero-order valence-electron chi connectivity index (χ0n) is 9.90. The van der Waals surface area contributed by atoms with Crippen LogP contribution in [0.2, 0.25) is 0 Å². The summed E-state index contributed by atoms with van der Waals surface area (Å²) in [6, 6.07) is 0. The molecule has 5 heteroatoms. The lowest BCUT2D eigenvalue weighted by Gasteiger charge is -2.56. The maximum atomic E-state index is 11.0. The Morgan fingerprint density at radius 3 is 1.94 bits per heavy atom. The largest absolute Gasteiger partial charge is 0.233 e. The molecule has 0 N–H and O–H groups in total. The Balaban J connectivity index is 1.62. The Labute approximate surface area is 112 Å². The van der Waals surface area contributed by atoms with Gasteiger partial charge in [0.05, 0.1) is 5.75 Å². The van der Waals surface area contributed by atoms with Crippen LogP contribution in [0.1, 0.15) is 38.5 Å². The van der Waals surface area contributed by atoms with Crippen LogP contribution in [0.5, 0.6) is 0 Å². The van der Waals surface area contributed by atoms with Crippen molar-refractivity contribution in [3.05, 3.63) is 0 Å². The number of hydrogen-bond acceptors (Lipinski definition) is 3. The highest BCUT2D eigenvalue weighted by atomic mass is 35.7. The summed E-state index contributed by atoms with van der Waals surface area (Å²) in [5.74, 6) is 3.60. The first-order valence-electron chi connectivity index (χ1n) is 6.50. The number of halogens is 1. The lowest BCUT2D eigenvalue weighted by molar-refractivity contribution is 0.0384. The van der Waals surface area contributed by atoms with Crippen molar-refractivity contribution in [3.63, 3.8) is 0 Å². The number of thioether (sulfide) groups is 1. The molecule has 0 aromatic carbocycles. The molecule has 0 unspecified atom stereocenters. The maximum absolute atomic E-state index is 11.0. The monoisotopic (exact) mass is 294 g/mol. The predicted molar refractivity (Wildman–Crippen MR) is 73.0 cm³/mol. The van der Waals surface area contributed by atoms with Crippen LogP contribution in [-0.4, -0.2) is 24.7 Å². The van der Waals surface area contributed by atoms with Crippen LogP contribution in [0, 0.1) is 17.8 Å². The minimum Gasteiger partial charge on any atom is -0.212 e. The van der Waals surface area contributed by atoms with E-state index in [9.17, 15) is 8.42 Å². The Morgan fingerprint density at radius 2 is 1.53 bits per heavy atom. The van der Waals surface area contributed by atoms with Crippen LogP contribution in [0.3, 0.4) is 0 Å². The number of hydrogen-bond donors (Lipinski definition) is 0. The molecule has 2 nitrogen and oxygen atoms in total. The van der Waals surface area contributed by atoms with Gasteiger partial charge >= 0.3 is 0 Å². The minimum absolute atomic E-state index is 0.126. The highest BCUT2D eigenvalue weighted by molar-refractivity contribution is 8.14. The molecule has 4 fully saturated rings. The normalized spacial score (nSPS) is 44.2. The van der Waals surface area contributed by atoms with Crippen molar-refractivity contribution in [2.45, 2.75) is 43.3 Å². The van der Waals surface area contributed by atoms with Gasteiger partial charge in [-0.25, -0.2) is 8.42 Å². The molecule has 0 saturated heterocycles. The minimum atomic E-state index is -3.31. The molecule has 4 saturated carbocycles. The summed E-state index contributed by atoms with van der Waals surface area (Å²) in [4.78, 5) is 0. The second-order valence-electron chi connectivity index (χ2n) is 6.19. The molecule has 0 aromatic rings.